The molecule has 0 aliphatic heterocycles. The van der Waals surface area contributed by atoms with Crippen molar-refractivity contribution in [1.29, 1.82) is 0 Å². The lowest BCUT2D eigenvalue weighted by Gasteiger charge is -2.06. The van der Waals surface area contributed by atoms with Crippen LogP contribution in [0.4, 0.5) is 5.82 Å². The van der Waals surface area contributed by atoms with Gasteiger partial charge in [-0.3, -0.25) is 4.98 Å². The number of rotatable bonds is 3. The number of aryl methyl sites for hydroxylation is 1. The van der Waals surface area contributed by atoms with Crippen LogP contribution in [0.3, 0.4) is 0 Å². The molecule has 17 heavy (non-hydrogen) atoms. The molecule has 86 valence electrons. The number of anilines is 1. The van der Waals surface area contributed by atoms with Crippen LogP contribution in [0.1, 0.15) is 11.1 Å². The van der Waals surface area contributed by atoms with Gasteiger partial charge in [-0.05, 0) is 39.2 Å². The van der Waals surface area contributed by atoms with Crippen molar-refractivity contribution in [1.82, 2.24) is 25.0 Å². The van der Waals surface area contributed by atoms with E-state index in [9.17, 15) is 0 Å². The SMILES string of the molecule is Cc1cscc1CNc1cncc2nnnn12. The molecule has 0 aliphatic carbocycles. The summed E-state index contributed by atoms with van der Waals surface area (Å²) in [6.07, 6.45) is 3.34. The Labute approximate surface area is 101 Å². The minimum atomic E-state index is 0.636. The average Bonchev–Trinajstić information content (AvgIpc) is 2.95. The molecule has 0 bridgehead atoms. The molecule has 7 heteroatoms. The monoisotopic (exact) mass is 246 g/mol. The number of nitrogens with zero attached hydrogens (tertiary/aromatic N) is 5. The predicted octanol–water partition coefficient (Wildman–Crippen LogP) is 1.50. The third-order valence-corrected chi connectivity index (χ3v) is 3.44. The fraction of sp³-hybridized carbons (Fsp3) is 0.200. The van der Waals surface area contributed by atoms with Gasteiger partial charge in [-0.1, -0.05) is 0 Å². The van der Waals surface area contributed by atoms with Crippen molar-refractivity contribution in [3.05, 3.63) is 34.3 Å². The van der Waals surface area contributed by atoms with E-state index in [0.29, 0.717) is 5.65 Å². The summed E-state index contributed by atoms with van der Waals surface area (Å²) in [7, 11) is 0. The van der Waals surface area contributed by atoms with Crippen molar-refractivity contribution < 1.29 is 0 Å². The molecule has 0 unspecified atom stereocenters. The Morgan fingerprint density at radius 1 is 1.35 bits per heavy atom. The summed E-state index contributed by atoms with van der Waals surface area (Å²) in [5.41, 5.74) is 3.21. The van der Waals surface area contributed by atoms with Crippen LogP contribution in [-0.2, 0) is 6.54 Å². The van der Waals surface area contributed by atoms with Crippen LogP contribution >= 0.6 is 11.3 Å². The third kappa shape index (κ3) is 1.84. The van der Waals surface area contributed by atoms with Crippen molar-refractivity contribution in [2.75, 3.05) is 5.32 Å². The smallest absolute Gasteiger partial charge is 0.199 e. The van der Waals surface area contributed by atoms with Gasteiger partial charge >= 0.3 is 0 Å². The number of tetrazole rings is 1. The number of hydrogen-bond donors (Lipinski definition) is 1. The van der Waals surface area contributed by atoms with Crippen LogP contribution in [0.5, 0.6) is 0 Å². The topological polar surface area (TPSA) is 68.0 Å². The van der Waals surface area contributed by atoms with Crippen molar-refractivity contribution in [2.45, 2.75) is 13.5 Å². The summed E-state index contributed by atoms with van der Waals surface area (Å²) in [4.78, 5) is 4.08. The zero-order valence-electron chi connectivity index (χ0n) is 9.16. The molecule has 0 spiro atoms. The molecule has 0 aromatic carbocycles. The molecule has 0 saturated carbocycles. The van der Waals surface area contributed by atoms with Crippen molar-refractivity contribution >= 4 is 22.8 Å². The summed E-state index contributed by atoms with van der Waals surface area (Å²) in [6, 6.07) is 0. The molecular formula is C10H10N6S. The molecule has 3 heterocycles. The molecule has 3 aromatic heterocycles. The zero-order chi connectivity index (χ0) is 11.7. The van der Waals surface area contributed by atoms with Gasteiger partial charge in [0.2, 0.25) is 0 Å². The van der Waals surface area contributed by atoms with Gasteiger partial charge in [-0.25, -0.2) is 0 Å². The highest BCUT2D eigenvalue weighted by molar-refractivity contribution is 7.08. The number of aromatic nitrogens is 5. The Morgan fingerprint density at radius 3 is 3.12 bits per heavy atom. The second kappa shape index (κ2) is 4.10. The number of thiophene rings is 1. The van der Waals surface area contributed by atoms with Gasteiger partial charge in [-0.15, -0.1) is 5.10 Å². The molecule has 0 aliphatic rings. The lowest BCUT2D eigenvalue weighted by atomic mass is 10.2. The molecule has 0 atom stereocenters. The van der Waals surface area contributed by atoms with Gasteiger partial charge in [0, 0.05) is 6.54 Å². The van der Waals surface area contributed by atoms with Crippen LogP contribution < -0.4 is 5.32 Å². The molecule has 0 saturated heterocycles. The second-order valence-corrected chi connectivity index (χ2v) is 4.42. The number of fused-ring (bicyclic) bond motifs is 1. The van der Waals surface area contributed by atoms with Crippen LogP contribution in [-0.4, -0.2) is 25.0 Å². The van der Waals surface area contributed by atoms with E-state index >= 15 is 0 Å². The Balaban J connectivity index is 1.86. The largest absolute Gasteiger partial charge is 0.365 e. The summed E-state index contributed by atoms with van der Waals surface area (Å²) >= 11 is 1.70. The highest BCUT2D eigenvalue weighted by Gasteiger charge is 2.04. The van der Waals surface area contributed by atoms with E-state index in [2.05, 4.69) is 43.5 Å². The minimum absolute atomic E-state index is 0.636. The minimum Gasteiger partial charge on any atom is -0.365 e. The Kier molecular flexibility index (Phi) is 2.45. The van der Waals surface area contributed by atoms with Crippen LogP contribution in [0.15, 0.2) is 23.2 Å². The first-order chi connectivity index (χ1) is 8.34. The maximum absolute atomic E-state index is 4.08. The van der Waals surface area contributed by atoms with Gasteiger partial charge in [0.1, 0.15) is 0 Å². The first-order valence-corrected chi connectivity index (χ1v) is 6.06. The number of nitrogens with one attached hydrogen (secondary N) is 1. The third-order valence-electron chi connectivity index (χ3n) is 2.53. The van der Waals surface area contributed by atoms with E-state index in [4.69, 9.17) is 0 Å². The highest BCUT2D eigenvalue weighted by atomic mass is 32.1. The average molecular weight is 246 g/mol. The fourth-order valence-corrected chi connectivity index (χ4v) is 2.41. The summed E-state index contributed by atoms with van der Waals surface area (Å²) < 4.78 is 1.63. The summed E-state index contributed by atoms with van der Waals surface area (Å²) in [5, 5.41) is 18.9. The maximum atomic E-state index is 4.08. The molecule has 1 N–H and O–H groups in total. The molecule has 6 nitrogen and oxygen atoms in total. The highest BCUT2D eigenvalue weighted by Crippen LogP contribution is 2.15. The van der Waals surface area contributed by atoms with E-state index in [-0.39, 0.29) is 0 Å². The Morgan fingerprint density at radius 2 is 2.29 bits per heavy atom. The lowest BCUT2D eigenvalue weighted by Crippen LogP contribution is -2.05. The van der Waals surface area contributed by atoms with E-state index < -0.39 is 0 Å². The van der Waals surface area contributed by atoms with Gasteiger partial charge in [0.05, 0.1) is 12.4 Å². The van der Waals surface area contributed by atoms with Crippen LogP contribution in [0, 0.1) is 6.92 Å². The molecule has 3 aromatic rings. The first kappa shape index (κ1) is 10.2. The number of hydrogen-bond acceptors (Lipinski definition) is 6. The Bertz CT molecular complexity index is 643. The molecule has 0 amide bonds. The van der Waals surface area contributed by atoms with E-state index in [1.54, 1.807) is 28.2 Å². The standard InChI is InChI=1S/C10H10N6S/c1-7-5-17-6-8(7)2-12-9-3-11-4-10-13-14-15-16(9)10/h3-6,12H,2H2,1H3. The van der Waals surface area contributed by atoms with Gasteiger partial charge in [0.15, 0.2) is 11.5 Å². The second-order valence-electron chi connectivity index (χ2n) is 3.67. The summed E-state index contributed by atoms with van der Waals surface area (Å²) in [6.45, 7) is 2.85. The Hall–Kier alpha value is -2.02. The predicted molar refractivity (Wildman–Crippen MR) is 65.0 cm³/mol. The van der Waals surface area contributed by atoms with Crippen molar-refractivity contribution in [3.63, 3.8) is 0 Å². The van der Waals surface area contributed by atoms with E-state index in [1.807, 2.05) is 0 Å². The normalized spacial score (nSPS) is 10.9. The van der Waals surface area contributed by atoms with Gasteiger partial charge in [-0.2, -0.15) is 15.9 Å². The molecule has 0 fully saturated rings. The van der Waals surface area contributed by atoms with Crippen molar-refractivity contribution in [2.24, 2.45) is 0 Å². The fourth-order valence-electron chi connectivity index (χ4n) is 1.55. The molecular weight excluding hydrogens is 236 g/mol. The van der Waals surface area contributed by atoms with Crippen molar-refractivity contribution in [3.8, 4) is 0 Å². The van der Waals surface area contributed by atoms with Crippen LogP contribution in [0.2, 0.25) is 0 Å². The van der Waals surface area contributed by atoms with Gasteiger partial charge in [0.25, 0.3) is 0 Å². The molecule has 3 rings (SSSR count). The lowest BCUT2D eigenvalue weighted by molar-refractivity contribution is 0.819. The zero-order valence-corrected chi connectivity index (χ0v) is 9.98. The first-order valence-electron chi connectivity index (χ1n) is 5.12. The van der Waals surface area contributed by atoms with E-state index in [1.165, 1.54) is 11.1 Å². The molecule has 0 radical (unpaired) electrons. The van der Waals surface area contributed by atoms with Gasteiger partial charge < -0.3 is 5.32 Å². The summed E-state index contributed by atoms with van der Waals surface area (Å²) in [5.74, 6) is 0.790. The van der Waals surface area contributed by atoms with Crippen LogP contribution in [0.25, 0.3) is 5.65 Å². The van der Waals surface area contributed by atoms with E-state index in [0.717, 1.165) is 12.4 Å². The maximum Gasteiger partial charge on any atom is 0.199 e. The quantitative estimate of drug-likeness (QED) is 0.758.